The summed E-state index contributed by atoms with van der Waals surface area (Å²) in [6.07, 6.45) is 2.35. The maximum atomic E-state index is 11.4. The normalized spacial score (nSPS) is 13.2. The molecule has 1 aromatic heterocycles. The Labute approximate surface area is 168 Å². The third-order valence-electron chi connectivity index (χ3n) is 4.64. The summed E-state index contributed by atoms with van der Waals surface area (Å²) >= 11 is 0. The summed E-state index contributed by atoms with van der Waals surface area (Å²) in [5.74, 6) is 0.959. The zero-order chi connectivity index (χ0) is 20.4. The number of hydrogen-bond donors (Lipinski definition) is 2. The van der Waals surface area contributed by atoms with Crippen molar-refractivity contribution in [2.45, 2.75) is 26.7 Å². The Morgan fingerprint density at radius 2 is 1.66 bits per heavy atom. The van der Waals surface area contributed by atoms with Crippen molar-refractivity contribution in [1.82, 2.24) is 9.97 Å². The highest BCUT2D eigenvalue weighted by Crippen LogP contribution is 2.33. The first-order chi connectivity index (χ1) is 14.0. The molecular formula is C22H22N4O3. The number of amides is 2. The molecule has 1 aliphatic rings. The van der Waals surface area contributed by atoms with Crippen molar-refractivity contribution in [3.8, 4) is 17.0 Å². The summed E-state index contributed by atoms with van der Waals surface area (Å²) in [5.41, 5.74) is 3.44. The van der Waals surface area contributed by atoms with Gasteiger partial charge >= 0.3 is 0 Å². The largest absolute Gasteiger partial charge is 0.477 e. The van der Waals surface area contributed by atoms with Gasteiger partial charge in [0.25, 0.3) is 0 Å². The lowest BCUT2D eigenvalue weighted by Gasteiger charge is -2.12. The molecule has 7 heteroatoms. The monoisotopic (exact) mass is 390 g/mol. The number of nitrogens with zero attached hydrogens (tertiary/aromatic N) is 2. The summed E-state index contributed by atoms with van der Waals surface area (Å²) < 4.78 is 5.97. The molecule has 7 nitrogen and oxygen atoms in total. The maximum absolute atomic E-state index is 11.4. The minimum absolute atomic E-state index is 0.104. The molecule has 0 spiro atoms. The van der Waals surface area contributed by atoms with Gasteiger partial charge in [-0.2, -0.15) is 4.98 Å². The fourth-order valence-electron chi connectivity index (χ4n) is 3.03. The molecule has 0 radical (unpaired) electrons. The van der Waals surface area contributed by atoms with E-state index in [0.29, 0.717) is 23.9 Å². The smallest absolute Gasteiger partial charge is 0.233 e. The molecule has 148 valence electrons. The van der Waals surface area contributed by atoms with Crippen LogP contribution in [0.4, 0.5) is 11.6 Å². The lowest BCUT2D eigenvalue weighted by molar-refractivity contribution is -0.115. The minimum atomic E-state index is -0.228. The Kier molecular flexibility index (Phi) is 5.12. The maximum Gasteiger partial charge on any atom is 0.233 e. The number of carbonyl (C=O) groups is 2. The van der Waals surface area contributed by atoms with Crippen LogP contribution in [-0.4, -0.2) is 28.4 Å². The second kappa shape index (κ2) is 7.87. The van der Waals surface area contributed by atoms with Crippen molar-refractivity contribution >= 4 is 34.4 Å². The highest BCUT2D eigenvalue weighted by molar-refractivity contribution is 5.92. The predicted molar refractivity (Wildman–Crippen MR) is 112 cm³/mol. The van der Waals surface area contributed by atoms with Crippen LogP contribution in [0.25, 0.3) is 22.0 Å². The molecule has 29 heavy (non-hydrogen) atoms. The first kappa shape index (κ1) is 18.9. The Morgan fingerprint density at radius 3 is 2.31 bits per heavy atom. The first-order valence-corrected chi connectivity index (χ1v) is 9.58. The zero-order valence-electron chi connectivity index (χ0n) is 16.4. The van der Waals surface area contributed by atoms with Crippen LogP contribution in [0.1, 0.15) is 26.7 Å². The topological polar surface area (TPSA) is 93.2 Å². The summed E-state index contributed by atoms with van der Waals surface area (Å²) in [6.45, 7) is 3.52. The van der Waals surface area contributed by atoms with E-state index in [1.54, 1.807) is 0 Å². The second-order valence-electron chi connectivity index (χ2n) is 7.28. The van der Waals surface area contributed by atoms with Crippen molar-refractivity contribution in [2.75, 3.05) is 17.2 Å². The molecule has 1 aliphatic carbocycles. The van der Waals surface area contributed by atoms with Crippen molar-refractivity contribution in [3.63, 3.8) is 0 Å². The van der Waals surface area contributed by atoms with Crippen LogP contribution >= 0.6 is 0 Å². The van der Waals surface area contributed by atoms with Crippen molar-refractivity contribution in [1.29, 1.82) is 0 Å². The minimum Gasteiger partial charge on any atom is -0.477 e. The molecule has 2 aromatic carbocycles. The molecule has 1 heterocycles. The van der Waals surface area contributed by atoms with E-state index >= 15 is 0 Å². The number of nitrogens with one attached hydrogen (secondary N) is 2. The van der Waals surface area contributed by atoms with Gasteiger partial charge in [0.05, 0.1) is 17.5 Å². The van der Waals surface area contributed by atoms with Gasteiger partial charge in [0, 0.05) is 19.5 Å². The molecule has 0 aliphatic heterocycles. The molecule has 4 rings (SSSR count). The number of benzene rings is 2. The predicted octanol–water partition coefficient (Wildman–Crippen LogP) is 4.00. The Morgan fingerprint density at radius 1 is 0.966 bits per heavy atom. The van der Waals surface area contributed by atoms with Crippen LogP contribution in [0.15, 0.2) is 42.5 Å². The number of anilines is 2. The van der Waals surface area contributed by atoms with E-state index in [4.69, 9.17) is 4.74 Å². The molecule has 1 saturated carbocycles. The van der Waals surface area contributed by atoms with E-state index < -0.39 is 0 Å². The molecule has 0 atom stereocenters. The van der Waals surface area contributed by atoms with E-state index in [1.807, 2.05) is 42.5 Å². The average Bonchev–Trinajstić information content (AvgIpc) is 3.50. The van der Waals surface area contributed by atoms with Gasteiger partial charge in [0.2, 0.25) is 23.6 Å². The van der Waals surface area contributed by atoms with Crippen LogP contribution in [0.3, 0.4) is 0 Å². The van der Waals surface area contributed by atoms with E-state index in [1.165, 1.54) is 26.7 Å². The molecular weight excluding hydrogens is 368 g/mol. The lowest BCUT2D eigenvalue weighted by atomic mass is 10.0. The van der Waals surface area contributed by atoms with Crippen LogP contribution in [0.5, 0.6) is 5.88 Å². The van der Waals surface area contributed by atoms with Crippen LogP contribution < -0.4 is 15.4 Å². The first-order valence-electron chi connectivity index (χ1n) is 9.58. The average molecular weight is 390 g/mol. The summed E-state index contributed by atoms with van der Waals surface area (Å²) in [4.78, 5) is 31.4. The number of fused-ring (bicyclic) bond motifs is 1. The number of hydrogen-bond acceptors (Lipinski definition) is 5. The van der Waals surface area contributed by atoms with E-state index in [9.17, 15) is 9.59 Å². The number of aromatic nitrogens is 2. The third kappa shape index (κ3) is 4.68. The lowest BCUT2D eigenvalue weighted by Crippen LogP contribution is -2.11. The molecule has 0 bridgehead atoms. The highest BCUT2D eigenvalue weighted by atomic mass is 16.5. The number of carbonyl (C=O) groups excluding carboxylic acids is 2. The molecule has 1 fully saturated rings. The number of ether oxygens (including phenoxy) is 1. The Balaban J connectivity index is 1.69. The van der Waals surface area contributed by atoms with E-state index in [0.717, 1.165) is 22.2 Å². The van der Waals surface area contributed by atoms with Crippen molar-refractivity contribution < 1.29 is 14.3 Å². The van der Waals surface area contributed by atoms with Crippen LogP contribution in [0.2, 0.25) is 0 Å². The van der Waals surface area contributed by atoms with Crippen molar-refractivity contribution in [2.24, 2.45) is 5.92 Å². The van der Waals surface area contributed by atoms with Gasteiger partial charge in [-0.05, 0) is 54.2 Å². The van der Waals surface area contributed by atoms with E-state index in [2.05, 4.69) is 20.6 Å². The standard InChI is InChI=1S/C22H22N4O3/c1-13(27)23-18-8-5-16(6-9-18)17-7-10-20-19(11-17)21(29-12-15-3-4-15)26-22(25-20)24-14(2)28/h5-11,15H,3-4,12H2,1-2H3,(H,23,27)(H,24,25,26,28). The SMILES string of the molecule is CC(=O)Nc1ccc(-c2ccc3nc(NC(C)=O)nc(OCC4CC4)c3c2)cc1. The molecule has 3 aromatic rings. The van der Waals surface area contributed by atoms with Gasteiger partial charge < -0.3 is 10.1 Å². The van der Waals surface area contributed by atoms with Crippen LogP contribution in [-0.2, 0) is 9.59 Å². The Bertz CT molecular complexity index is 1080. The Hall–Kier alpha value is -3.48. The van der Waals surface area contributed by atoms with Crippen molar-refractivity contribution in [3.05, 3.63) is 42.5 Å². The van der Waals surface area contributed by atoms with Crippen LogP contribution in [0, 0.1) is 5.92 Å². The highest BCUT2D eigenvalue weighted by Gasteiger charge is 2.23. The number of rotatable bonds is 6. The fraction of sp³-hybridized carbons (Fsp3) is 0.273. The van der Waals surface area contributed by atoms with E-state index in [-0.39, 0.29) is 17.8 Å². The fourth-order valence-corrected chi connectivity index (χ4v) is 3.03. The third-order valence-corrected chi connectivity index (χ3v) is 4.64. The zero-order valence-corrected chi connectivity index (χ0v) is 16.4. The van der Waals surface area contributed by atoms with Gasteiger partial charge in [0.15, 0.2) is 0 Å². The molecule has 2 N–H and O–H groups in total. The summed E-state index contributed by atoms with van der Waals surface area (Å²) in [5, 5.41) is 6.19. The molecule has 0 unspecified atom stereocenters. The quantitative estimate of drug-likeness (QED) is 0.663. The second-order valence-corrected chi connectivity index (χ2v) is 7.28. The van der Waals surface area contributed by atoms with Gasteiger partial charge in [-0.25, -0.2) is 4.98 Å². The molecule has 2 amide bonds. The van der Waals surface area contributed by atoms with Gasteiger partial charge in [-0.1, -0.05) is 18.2 Å². The van der Waals surface area contributed by atoms with Gasteiger partial charge in [0.1, 0.15) is 0 Å². The summed E-state index contributed by atoms with van der Waals surface area (Å²) in [6, 6.07) is 13.5. The van der Waals surface area contributed by atoms with Gasteiger partial charge in [-0.3, -0.25) is 14.9 Å². The molecule has 0 saturated heterocycles. The van der Waals surface area contributed by atoms with Gasteiger partial charge in [-0.15, -0.1) is 0 Å². The summed E-state index contributed by atoms with van der Waals surface area (Å²) in [7, 11) is 0.